The summed E-state index contributed by atoms with van der Waals surface area (Å²) in [4.78, 5) is 13.9. The van der Waals surface area contributed by atoms with Crippen LogP contribution in [0.3, 0.4) is 0 Å². The van der Waals surface area contributed by atoms with Crippen molar-refractivity contribution in [1.29, 1.82) is 0 Å². The summed E-state index contributed by atoms with van der Waals surface area (Å²) >= 11 is 3.37. The minimum Gasteiger partial charge on any atom is -0.336 e. The van der Waals surface area contributed by atoms with E-state index in [1.54, 1.807) is 0 Å². The summed E-state index contributed by atoms with van der Waals surface area (Å²) in [6.45, 7) is 3.37. The lowest BCUT2D eigenvalue weighted by Crippen LogP contribution is -2.46. The molecule has 0 unspecified atom stereocenters. The Hall–Kier alpha value is -0.870. The molecule has 0 aromatic heterocycles. The molecular formula is C11H13BrN2O. The van der Waals surface area contributed by atoms with Crippen LogP contribution in [0.5, 0.6) is 0 Å². The van der Waals surface area contributed by atoms with Crippen LogP contribution in [0.2, 0.25) is 0 Å². The van der Waals surface area contributed by atoms with Gasteiger partial charge < -0.3 is 10.2 Å². The van der Waals surface area contributed by atoms with Gasteiger partial charge in [-0.1, -0.05) is 22.0 Å². The second-order valence-electron chi connectivity index (χ2n) is 3.55. The molecule has 1 saturated heterocycles. The van der Waals surface area contributed by atoms with Crippen molar-refractivity contribution in [3.63, 3.8) is 0 Å². The zero-order valence-corrected chi connectivity index (χ0v) is 9.96. The number of nitrogens with zero attached hydrogens (tertiary/aromatic N) is 1. The number of carbonyl (C=O) groups excluding carboxylic acids is 1. The maximum Gasteiger partial charge on any atom is 0.253 e. The molecule has 4 heteroatoms. The summed E-state index contributed by atoms with van der Waals surface area (Å²) in [5.41, 5.74) is 0.756. The van der Waals surface area contributed by atoms with Crippen molar-refractivity contribution in [2.24, 2.45) is 0 Å². The third-order valence-corrected chi connectivity index (χ3v) is 2.97. The lowest BCUT2D eigenvalue weighted by atomic mass is 10.2. The van der Waals surface area contributed by atoms with Gasteiger partial charge in [-0.2, -0.15) is 0 Å². The van der Waals surface area contributed by atoms with Gasteiger partial charge in [0.15, 0.2) is 0 Å². The monoisotopic (exact) mass is 268 g/mol. The minimum atomic E-state index is 0.123. The quantitative estimate of drug-likeness (QED) is 0.837. The van der Waals surface area contributed by atoms with Crippen LogP contribution in [0.25, 0.3) is 0 Å². The van der Waals surface area contributed by atoms with Gasteiger partial charge in [0.05, 0.1) is 0 Å². The molecule has 1 aliphatic heterocycles. The fourth-order valence-electron chi connectivity index (χ4n) is 1.67. The number of nitrogens with one attached hydrogen (secondary N) is 1. The van der Waals surface area contributed by atoms with Gasteiger partial charge in [-0.15, -0.1) is 0 Å². The third kappa shape index (κ3) is 2.58. The SMILES string of the molecule is O=C(c1cccc(Br)c1)N1CCNCC1. The molecule has 2 rings (SSSR count). The van der Waals surface area contributed by atoms with Crippen LogP contribution >= 0.6 is 15.9 Å². The highest BCUT2D eigenvalue weighted by molar-refractivity contribution is 9.10. The Kier molecular flexibility index (Phi) is 3.38. The minimum absolute atomic E-state index is 0.123. The van der Waals surface area contributed by atoms with E-state index in [0.717, 1.165) is 36.2 Å². The van der Waals surface area contributed by atoms with E-state index in [2.05, 4.69) is 21.2 Å². The second kappa shape index (κ2) is 4.77. The first-order chi connectivity index (χ1) is 7.27. The molecule has 1 heterocycles. The molecule has 1 aliphatic rings. The Labute approximate surface area is 97.6 Å². The number of amides is 1. The third-order valence-electron chi connectivity index (χ3n) is 2.48. The molecule has 1 fully saturated rings. The maximum absolute atomic E-state index is 12.0. The highest BCUT2D eigenvalue weighted by atomic mass is 79.9. The number of piperazine rings is 1. The van der Waals surface area contributed by atoms with Crippen molar-refractivity contribution < 1.29 is 4.79 Å². The van der Waals surface area contributed by atoms with E-state index in [4.69, 9.17) is 0 Å². The Morgan fingerprint density at radius 2 is 2.07 bits per heavy atom. The summed E-state index contributed by atoms with van der Waals surface area (Å²) < 4.78 is 0.948. The molecular weight excluding hydrogens is 256 g/mol. The van der Waals surface area contributed by atoms with Crippen LogP contribution in [0.4, 0.5) is 0 Å². The molecule has 0 atom stereocenters. The van der Waals surface area contributed by atoms with E-state index in [0.29, 0.717) is 0 Å². The summed E-state index contributed by atoms with van der Waals surface area (Å²) in [7, 11) is 0. The molecule has 0 spiro atoms. The van der Waals surface area contributed by atoms with E-state index in [1.807, 2.05) is 29.2 Å². The van der Waals surface area contributed by atoms with Gasteiger partial charge in [-0.25, -0.2) is 0 Å². The molecule has 1 aromatic carbocycles. The van der Waals surface area contributed by atoms with Crippen molar-refractivity contribution in [3.8, 4) is 0 Å². The smallest absolute Gasteiger partial charge is 0.253 e. The Morgan fingerprint density at radius 1 is 1.33 bits per heavy atom. The van der Waals surface area contributed by atoms with Gasteiger partial charge in [0.2, 0.25) is 0 Å². The molecule has 15 heavy (non-hydrogen) atoms. The molecule has 1 N–H and O–H groups in total. The predicted octanol–water partition coefficient (Wildman–Crippen LogP) is 1.49. The van der Waals surface area contributed by atoms with Crippen LogP contribution in [-0.4, -0.2) is 37.0 Å². The number of hydrogen-bond acceptors (Lipinski definition) is 2. The van der Waals surface area contributed by atoms with Crippen LogP contribution in [0.15, 0.2) is 28.7 Å². The van der Waals surface area contributed by atoms with Crippen LogP contribution in [0.1, 0.15) is 10.4 Å². The average Bonchev–Trinajstić information content (AvgIpc) is 2.29. The standard InChI is InChI=1S/C11H13BrN2O/c12-10-3-1-2-9(8-10)11(15)14-6-4-13-5-7-14/h1-3,8,13H,4-7H2. The molecule has 1 amide bonds. The Bertz CT molecular complexity index is 361. The van der Waals surface area contributed by atoms with Crippen molar-refractivity contribution in [2.75, 3.05) is 26.2 Å². The highest BCUT2D eigenvalue weighted by Crippen LogP contribution is 2.13. The number of benzene rings is 1. The topological polar surface area (TPSA) is 32.3 Å². The Morgan fingerprint density at radius 3 is 2.73 bits per heavy atom. The molecule has 0 bridgehead atoms. The van der Waals surface area contributed by atoms with E-state index < -0.39 is 0 Å². The fraction of sp³-hybridized carbons (Fsp3) is 0.364. The zero-order chi connectivity index (χ0) is 10.7. The molecule has 0 aliphatic carbocycles. The largest absolute Gasteiger partial charge is 0.336 e. The first-order valence-electron chi connectivity index (χ1n) is 5.03. The van der Waals surface area contributed by atoms with E-state index >= 15 is 0 Å². The van der Waals surface area contributed by atoms with Crippen molar-refractivity contribution in [3.05, 3.63) is 34.3 Å². The van der Waals surface area contributed by atoms with Gasteiger partial charge in [-0.3, -0.25) is 4.79 Å². The number of rotatable bonds is 1. The Balaban J connectivity index is 2.12. The van der Waals surface area contributed by atoms with Crippen LogP contribution < -0.4 is 5.32 Å². The molecule has 0 saturated carbocycles. The number of carbonyl (C=O) groups is 1. The van der Waals surface area contributed by atoms with Crippen molar-refractivity contribution in [1.82, 2.24) is 10.2 Å². The van der Waals surface area contributed by atoms with Crippen LogP contribution in [0, 0.1) is 0 Å². The van der Waals surface area contributed by atoms with Crippen LogP contribution in [-0.2, 0) is 0 Å². The highest BCUT2D eigenvalue weighted by Gasteiger charge is 2.17. The molecule has 0 radical (unpaired) electrons. The number of hydrogen-bond donors (Lipinski definition) is 1. The van der Waals surface area contributed by atoms with Gasteiger partial charge in [-0.05, 0) is 18.2 Å². The summed E-state index contributed by atoms with van der Waals surface area (Å²) in [5, 5.41) is 3.23. The fourth-order valence-corrected chi connectivity index (χ4v) is 2.07. The molecule has 80 valence electrons. The van der Waals surface area contributed by atoms with Gasteiger partial charge in [0.1, 0.15) is 0 Å². The van der Waals surface area contributed by atoms with E-state index in [1.165, 1.54) is 0 Å². The molecule has 3 nitrogen and oxygen atoms in total. The van der Waals surface area contributed by atoms with Gasteiger partial charge in [0.25, 0.3) is 5.91 Å². The second-order valence-corrected chi connectivity index (χ2v) is 4.47. The normalized spacial score (nSPS) is 16.5. The van der Waals surface area contributed by atoms with Gasteiger partial charge >= 0.3 is 0 Å². The summed E-state index contributed by atoms with van der Waals surface area (Å²) in [5.74, 6) is 0.123. The van der Waals surface area contributed by atoms with E-state index in [-0.39, 0.29) is 5.91 Å². The lowest BCUT2D eigenvalue weighted by molar-refractivity contribution is 0.0736. The van der Waals surface area contributed by atoms with Gasteiger partial charge in [0, 0.05) is 36.2 Å². The first-order valence-corrected chi connectivity index (χ1v) is 5.82. The maximum atomic E-state index is 12.0. The van der Waals surface area contributed by atoms with E-state index in [9.17, 15) is 4.79 Å². The summed E-state index contributed by atoms with van der Waals surface area (Å²) in [6.07, 6.45) is 0. The average molecular weight is 269 g/mol. The zero-order valence-electron chi connectivity index (χ0n) is 8.37. The van der Waals surface area contributed by atoms with Crippen molar-refractivity contribution >= 4 is 21.8 Å². The predicted molar refractivity (Wildman–Crippen MR) is 62.9 cm³/mol. The van der Waals surface area contributed by atoms with Crippen molar-refractivity contribution in [2.45, 2.75) is 0 Å². The summed E-state index contributed by atoms with van der Waals surface area (Å²) in [6, 6.07) is 7.54. The lowest BCUT2D eigenvalue weighted by Gasteiger charge is -2.27. The number of halogens is 1. The molecule has 1 aromatic rings. The first kappa shape index (κ1) is 10.6.